The first-order valence-electron chi connectivity index (χ1n) is 9.95. The average molecular weight is 431 g/mol. The molecule has 0 aliphatic carbocycles. The summed E-state index contributed by atoms with van der Waals surface area (Å²) in [5.41, 5.74) is 3.88. The normalized spacial score (nSPS) is 12.1. The van der Waals surface area contributed by atoms with Crippen LogP contribution in [0.25, 0.3) is 10.9 Å². The first-order valence-corrected chi connectivity index (χ1v) is 12.1. The van der Waals surface area contributed by atoms with Crippen LogP contribution < -0.4 is 10.1 Å². The Morgan fingerprint density at radius 2 is 1.97 bits per heavy atom. The van der Waals surface area contributed by atoms with E-state index in [1.54, 1.807) is 6.26 Å². The second-order valence-corrected chi connectivity index (χ2v) is 8.96. The van der Waals surface area contributed by atoms with Crippen molar-refractivity contribution in [2.24, 2.45) is 0 Å². The fraction of sp³-hybridized carbons (Fsp3) is 0.348. The van der Waals surface area contributed by atoms with Crippen LogP contribution in [-0.4, -0.2) is 28.2 Å². The topological polar surface area (TPSA) is 57.2 Å². The number of aryl methyl sites for hydroxylation is 1. The predicted octanol–water partition coefficient (Wildman–Crippen LogP) is 6.12. The van der Waals surface area contributed by atoms with E-state index in [1.165, 1.54) is 0 Å². The van der Waals surface area contributed by atoms with Crippen LogP contribution in [0.1, 0.15) is 31.7 Å². The lowest BCUT2D eigenvalue weighted by Gasteiger charge is -2.17. The molecule has 0 bridgehead atoms. The summed E-state index contributed by atoms with van der Waals surface area (Å²) in [6, 6.07) is 13.7. The molecule has 3 aromatic rings. The van der Waals surface area contributed by atoms with Gasteiger partial charge in [-0.25, -0.2) is 0 Å². The van der Waals surface area contributed by atoms with Gasteiger partial charge in [0.25, 0.3) is 0 Å². The van der Waals surface area contributed by atoms with Gasteiger partial charge in [0.1, 0.15) is 17.0 Å². The second kappa shape index (κ2) is 10.7. The van der Waals surface area contributed by atoms with Crippen LogP contribution in [0.3, 0.4) is 0 Å². The molecule has 1 unspecified atom stereocenters. The molecule has 4 nitrogen and oxygen atoms in total. The van der Waals surface area contributed by atoms with Gasteiger partial charge in [-0.1, -0.05) is 60.4 Å². The number of ether oxygens (including phenoxy) is 1. The van der Waals surface area contributed by atoms with Gasteiger partial charge in [0, 0.05) is 18.0 Å². The maximum absolute atomic E-state index is 11.3. The van der Waals surface area contributed by atoms with Crippen molar-refractivity contribution in [2.75, 3.05) is 23.9 Å². The Balaban J connectivity index is 1.96. The zero-order chi connectivity index (χ0) is 20.6. The van der Waals surface area contributed by atoms with Crippen LogP contribution in [0.4, 0.5) is 11.4 Å². The summed E-state index contributed by atoms with van der Waals surface area (Å²) in [4.78, 5) is 4.71. The molecule has 1 atom stereocenters. The molecule has 0 saturated carbocycles. The smallest absolute Gasteiger partial charge is 0.145 e. The van der Waals surface area contributed by atoms with E-state index < -0.39 is 11.2 Å². The summed E-state index contributed by atoms with van der Waals surface area (Å²) in [6.45, 7) is 2.70. The van der Waals surface area contributed by atoms with E-state index in [9.17, 15) is 4.55 Å². The average Bonchev–Trinajstić information content (AvgIpc) is 2.72. The monoisotopic (exact) mass is 430 g/mol. The maximum atomic E-state index is 11.3. The minimum atomic E-state index is -0.804. The fourth-order valence-electron chi connectivity index (χ4n) is 3.20. The number of aromatic nitrogens is 1. The minimum absolute atomic E-state index is 0.519. The molecule has 0 radical (unpaired) electrons. The van der Waals surface area contributed by atoms with E-state index in [-0.39, 0.29) is 0 Å². The Hall–Kier alpha value is -1.95. The standard InChI is InChI=1S/C23H27ClN2O2S/c1-3-4-9-17-16-25-23-18(22(17)26-20-12-6-5-11-19(20)24)10-7-13-21(23)28-14-8-15-29(2)27/h5-7,10-13,16H,3-4,8-9,14-15H2,1-2H3,(H,25,26). The third kappa shape index (κ3) is 5.78. The van der Waals surface area contributed by atoms with Crippen LogP contribution in [0.5, 0.6) is 5.75 Å². The van der Waals surface area contributed by atoms with E-state index >= 15 is 0 Å². The minimum Gasteiger partial charge on any atom is -0.617 e. The molecule has 0 spiro atoms. The van der Waals surface area contributed by atoms with Gasteiger partial charge in [-0.15, -0.1) is 0 Å². The number of pyridine rings is 1. The highest BCUT2D eigenvalue weighted by molar-refractivity contribution is 7.90. The van der Waals surface area contributed by atoms with Crippen molar-refractivity contribution >= 4 is 45.1 Å². The summed E-state index contributed by atoms with van der Waals surface area (Å²) in [7, 11) is 0. The molecule has 154 valence electrons. The maximum Gasteiger partial charge on any atom is 0.145 e. The molecule has 0 saturated heterocycles. The molecule has 1 aromatic heterocycles. The number of halogens is 1. The highest BCUT2D eigenvalue weighted by atomic mass is 35.5. The van der Waals surface area contributed by atoms with Crippen LogP contribution >= 0.6 is 11.6 Å². The molecule has 1 N–H and O–H groups in total. The summed E-state index contributed by atoms with van der Waals surface area (Å²) < 4.78 is 17.2. The van der Waals surface area contributed by atoms with Crippen LogP contribution in [0, 0.1) is 0 Å². The Kier molecular flexibility index (Phi) is 8.04. The molecular formula is C23H27ClN2O2S. The molecule has 0 aliphatic rings. The number of para-hydroxylation sites is 2. The molecule has 6 heteroatoms. The van der Waals surface area contributed by atoms with Crippen LogP contribution in [0.15, 0.2) is 48.7 Å². The number of hydrogen-bond acceptors (Lipinski definition) is 4. The van der Waals surface area contributed by atoms with Gasteiger partial charge in [-0.2, -0.15) is 0 Å². The summed E-state index contributed by atoms with van der Waals surface area (Å²) >= 11 is 5.59. The van der Waals surface area contributed by atoms with Crippen molar-refractivity contribution in [1.29, 1.82) is 0 Å². The van der Waals surface area contributed by atoms with E-state index in [2.05, 4.69) is 18.3 Å². The van der Waals surface area contributed by atoms with Crippen molar-refractivity contribution in [2.45, 2.75) is 32.6 Å². The lowest BCUT2D eigenvalue weighted by molar-refractivity contribution is 0.321. The van der Waals surface area contributed by atoms with Crippen molar-refractivity contribution in [3.8, 4) is 5.75 Å². The number of nitrogens with one attached hydrogen (secondary N) is 1. The molecule has 2 aromatic carbocycles. The number of benzene rings is 2. The highest BCUT2D eigenvalue weighted by Crippen LogP contribution is 2.35. The molecular weight excluding hydrogens is 404 g/mol. The largest absolute Gasteiger partial charge is 0.617 e. The van der Waals surface area contributed by atoms with Gasteiger partial charge < -0.3 is 14.6 Å². The molecule has 0 fully saturated rings. The number of hydrogen-bond donors (Lipinski definition) is 1. The fourth-order valence-corrected chi connectivity index (χ4v) is 3.91. The van der Waals surface area contributed by atoms with Gasteiger partial charge in [-0.05, 0) is 36.6 Å². The van der Waals surface area contributed by atoms with E-state index in [4.69, 9.17) is 21.3 Å². The number of rotatable bonds is 10. The van der Waals surface area contributed by atoms with E-state index in [1.807, 2.05) is 42.6 Å². The van der Waals surface area contributed by atoms with E-state index in [0.717, 1.165) is 59.3 Å². The molecule has 1 heterocycles. The molecule has 29 heavy (non-hydrogen) atoms. The first kappa shape index (κ1) is 21.8. The van der Waals surface area contributed by atoms with Gasteiger partial charge >= 0.3 is 0 Å². The summed E-state index contributed by atoms with van der Waals surface area (Å²) in [5.74, 6) is 1.38. The van der Waals surface area contributed by atoms with Crippen molar-refractivity contribution in [3.05, 3.63) is 59.2 Å². The lowest BCUT2D eigenvalue weighted by atomic mass is 10.0. The number of nitrogens with zero attached hydrogens (tertiary/aromatic N) is 1. The number of unbranched alkanes of at least 4 members (excludes halogenated alkanes) is 1. The predicted molar refractivity (Wildman–Crippen MR) is 124 cm³/mol. The summed E-state index contributed by atoms with van der Waals surface area (Å²) in [5, 5.41) is 5.22. The molecule has 0 aliphatic heterocycles. The third-order valence-corrected chi connectivity index (χ3v) is 5.90. The van der Waals surface area contributed by atoms with Gasteiger partial charge in [0.05, 0.1) is 29.3 Å². The Morgan fingerprint density at radius 3 is 2.72 bits per heavy atom. The Labute approximate surface area is 180 Å². The zero-order valence-corrected chi connectivity index (χ0v) is 18.5. The first-order chi connectivity index (χ1) is 14.1. The zero-order valence-electron chi connectivity index (χ0n) is 16.9. The number of fused-ring (bicyclic) bond motifs is 1. The van der Waals surface area contributed by atoms with Crippen LogP contribution in [0.2, 0.25) is 5.02 Å². The number of anilines is 2. The van der Waals surface area contributed by atoms with Crippen LogP contribution in [-0.2, 0) is 17.6 Å². The van der Waals surface area contributed by atoms with Gasteiger partial charge in [-0.3, -0.25) is 4.98 Å². The van der Waals surface area contributed by atoms with Crippen molar-refractivity contribution < 1.29 is 9.29 Å². The third-order valence-electron chi connectivity index (χ3n) is 4.71. The Morgan fingerprint density at radius 1 is 1.14 bits per heavy atom. The highest BCUT2D eigenvalue weighted by Gasteiger charge is 2.14. The van der Waals surface area contributed by atoms with Gasteiger partial charge in [0.2, 0.25) is 0 Å². The second-order valence-electron chi connectivity index (χ2n) is 7.00. The molecule has 3 rings (SSSR count). The summed E-state index contributed by atoms with van der Waals surface area (Å²) in [6.07, 6.45) is 7.55. The SMILES string of the molecule is CCCCc1cnc2c(OCCC[S+](C)[O-])cccc2c1Nc1ccccc1Cl. The molecule has 0 amide bonds. The van der Waals surface area contributed by atoms with Crippen molar-refractivity contribution in [3.63, 3.8) is 0 Å². The Bertz CT molecular complexity index is 949. The van der Waals surface area contributed by atoms with Gasteiger partial charge in [0.15, 0.2) is 0 Å². The quantitative estimate of drug-likeness (QED) is 0.311. The van der Waals surface area contributed by atoms with Crippen molar-refractivity contribution in [1.82, 2.24) is 4.98 Å². The van der Waals surface area contributed by atoms with E-state index in [0.29, 0.717) is 17.4 Å². The lowest BCUT2D eigenvalue weighted by Crippen LogP contribution is -2.08.